The molecule has 1 saturated carbocycles. The van der Waals surface area contributed by atoms with Crippen LogP contribution in [0.5, 0.6) is 0 Å². The molecule has 1 aromatic carbocycles. The molecule has 1 aliphatic rings. The molecule has 1 aliphatic carbocycles. The monoisotopic (exact) mass is 289 g/mol. The molecule has 0 saturated heterocycles. The van der Waals surface area contributed by atoms with Crippen molar-refractivity contribution in [2.75, 3.05) is 31.7 Å². The summed E-state index contributed by atoms with van der Waals surface area (Å²) in [6.45, 7) is 1.69. The normalized spacial score (nSPS) is 14.7. The van der Waals surface area contributed by atoms with Gasteiger partial charge in [-0.1, -0.05) is 0 Å². The van der Waals surface area contributed by atoms with Crippen LogP contribution in [0.1, 0.15) is 18.4 Å². The molecule has 0 radical (unpaired) electrons. The smallest absolute Gasteiger partial charge is 0.149 e. The molecule has 0 heterocycles. The zero-order valence-corrected chi connectivity index (χ0v) is 11.7. The molecule has 0 aromatic heterocycles. The third-order valence-corrected chi connectivity index (χ3v) is 3.54. The highest BCUT2D eigenvalue weighted by atomic mass is 35.5. The molecule has 5 heteroatoms. The number of ether oxygens (including phenoxy) is 1. The maximum atomic E-state index is 13.8. The molecule has 0 unspecified atom stereocenters. The Labute approximate surface area is 117 Å². The van der Waals surface area contributed by atoms with Crippen molar-refractivity contribution < 1.29 is 13.5 Å². The van der Waals surface area contributed by atoms with Crippen molar-refractivity contribution in [2.45, 2.75) is 18.7 Å². The number of halogens is 3. The largest absolute Gasteiger partial charge is 0.379 e. The summed E-state index contributed by atoms with van der Waals surface area (Å²) < 4.78 is 33.1. The van der Waals surface area contributed by atoms with Crippen molar-refractivity contribution >= 4 is 17.3 Å². The molecule has 0 bridgehead atoms. The highest BCUT2D eigenvalue weighted by Gasteiger charge is 2.21. The maximum Gasteiger partial charge on any atom is 0.149 e. The Bertz CT molecular complexity index is 414. The predicted molar refractivity (Wildman–Crippen MR) is 72.7 cm³/mol. The Morgan fingerprint density at radius 3 is 2.47 bits per heavy atom. The first kappa shape index (κ1) is 14.5. The molecule has 19 heavy (non-hydrogen) atoms. The van der Waals surface area contributed by atoms with Gasteiger partial charge in [0.2, 0.25) is 0 Å². The number of rotatable bonds is 7. The number of anilines is 1. The maximum absolute atomic E-state index is 13.8. The van der Waals surface area contributed by atoms with E-state index in [2.05, 4.69) is 0 Å². The van der Waals surface area contributed by atoms with Crippen LogP contribution in [-0.4, -0.2) is 26.8 Å². The van der Waals surface area contributed by atoms with E-state index >= 15 is 0 Å². The standard InChI is InChI=1S/C14H18ClF2NO/c1-18(4-5-19-9-10-2-3-10)14-12(16)6-11(8-15)7-13(14)17/h6-7,10H,2-5,8-9H2,1H3. The topological polar surface area (TPSA) is 12.5 Å². The molecule has 0 atom stereocenters. The van der Waals surface area contributed by atoms with E-state index < -0.39 is 11.6 Å². The second-order valence-electron chi connectivity index (χ2n) is 4.98. The van der Waals surface area contributed by atoms with Gasteiger partial charge in [0, 0.05) is 26.1 Å². The molecule has 0 amide bonds. The summed E-state index contributed by atoms with van der Waals surface area (Å²) in [5.41, 5.74) is 0.419. The fraction of sp³-hybridized carbons (Fsp3) is 0.571. The van der Waals surface area contributed by atoms with Crippen molar-refractivity contribution in [1.82, 2.24) is 0 Å². The van der Waals surface area contributed by atoms with E-state index in [-0.39, 0.29) is 11.6 Å². The minimum Gasteiger partial charge on any atom is -0.379 e. The third-order valence-electron chi connectivity index (χ3n) is 3.23. The SMILES string of the molecule is CN(CCOCC1CC1)c1c(F)cc(CCl)cc1F. The quantitative estimate of drug-likeness (QED) is 0.562. The van der Waals surface area contributed by atoms with Gasteiger partial charge >= 0.3 is 0 Å². The van der Waals surface area contributed by atoms with Crippen LogP contribution in [0.15, 0.2) is 12.1 Å². The van der Waals surface area contributed by atoms with E-state index in [0.29, 0.717) is 24.6 Å². The highest BCUT2D eigenvalue weighted by Crippen LogP contribution is 2.29. The zero-order valence-electron chi connectivity index (χ0n) is 11.0. The van der Waals surface area contributed by atoms with Gasteiger partial charge in [-0.15, -0.1) is 11.6 Å². The molecule has 0 aliphatic heterocycles. The second-order valence-corrected chi connectivity index (χ2v) is 5.25. The zero-order chi connectivity index (χ0) is 13.8. The number of hydrogen-bond acceptors (Lipinski definition) is 2. The molecule has 0 N–H and O–H groups in total. The Kier molecular flexibility index (Phi) is 4.99. The van der Waals surface area contributed by atoms with Gasteiger partial charge in [0.05, 0.1) is 6.61 Å². The number of nitrogens with zero attached hydrogens (tertiary/aromatic N) is 1. The van der Waals surface area contributed by atoms with Gasteiger partial charge in [0.1, 0.15) is 17.3 Å². The molecule has 2 nitrogen and oxygen atoms in total. The van der Waals surface area contributed by atoms with Gasteiger partial charge in [-0.05, 0) is 36.5 Å². The van der Waals surface area contributed by atoms with Gasteiger partial charge in [-0.25, -0.2) is 8.78 Å². The summed E-state index contributed by atoms with van der Waals surface area (Å²) in [5, 5.41) is 0. The molecule has 0 spiro atoms. The van der Waals surface area contributed by atoms with Crippen LogP contribution < -0.4 is 4.90 Å². The lowest BCUT2D eigenvalue weighted by Gasteiger charge is -2.21. The molecular weight excluding hydrogens is 272 g/mol. The first-order valence-corrected chi connectivity index (χ1v) is 6.98. The first-order chi connectivity index (χ1) is 9.11. The third kappa shape index (κ3) is 4.05. The van der Waals surface area contributed by atoms with Crippen LogP contribution in [0.25, 0.3) is 0 Å². The van der Waals surface area contributed by atoms with Crippen LogP contribution in [-0.2, 0) is 10.6 Å². The lowest BCUT2D eigenvalue weighted by Crippen LogP contribution is -2.25. The average Bonchev–Trinajstić information content (AvgIpc) is 3.17. The van der Waals surface area contributed by atoms with Crippen molar-refractivity contribution in [3.8, 4) is 0 Å². The lowest BCUT2D eigenvalue weighted by molar-refractivity contribution is 0.130. The van der Waals surface area contributed by atoms with Crippen molar-refractivity contribution in [1.29, 1.82) is 0 Å². The Balaban J connectivity index is 1.91. The molecule has 1 aromatic rings. The van der Waals surface area contributed by atoms with Gasteiger partial charge < -0.3 is 9.64 Å². The highest BCUT2D eigenvalue weighted by molar-refractivity contribution is 6.17. The van der Waals surface area contributed by atoms with Gasteiger partial charge in [-0.3, -0.25) is 0 Å². The van der Waals surface area contributed by atoms with Gasteiger partial charge in [0.15, 0.2) is 0 Å². The van der Waals surface area contributed by atoms with Crippen LogP contribution in [0.2, 0.25) is 0 Å². The number of hydrogen-bond donors (Lipinski definition) is 0. The first-order valence-electron chi connectivity index (χ1n) is 6.44. The fourth-order valence-corrected chi connectivity index (χ4v) is 2.06. The van der Waals surface area contributed by atoms with Crippen LogP contribution in [0, 0.1) is 17.6 Å². The predicted octanol–water partition coefficient (Wildman–Crippen LogP) is 3.57. The summed E-state index contributed by atoms with van der Waals surface area (Å²) in [4.78, 5) is 1.54. The molecular formula is C14H18ClF2NO. The molecule has 1 fully saturated rings. The van der Waals surface area contributed by atoms with Crippen LogP contribution >= 0.6 is 11.6 Å². The van der Waals surface area contributed by atoms with Gasteiger partial charge in [0.25, 0.3) is 0 Å². The number of likely N-dealkylation sites (N-methyl/N-ethyl adjacent to an activating group) is 1. The van der Waals surface area contributed by atoms with Crippen molar-refractivity contribution in [2.24, 2.45) is 5.92 Å². The summed E-state index contributed by atoms with van der Waals surface area (Å²) in [7, 11) is 1.66. The van der Waals surface area contributed by atoms with Gasteiger partial charge in [-0.2, -0.15) is 0 Å². The van der Waals surface area contributed by atoms with E-state index in [9.17, 15) is 8.78 Å². The average molecular weight is 290 g/mol. The van der Waals surface area contributed by atoms with Crippen molar-refractivity contribution in [3.05, 3.63) is 29.3 Å². The van der Waals surface area contributed by atoms with Crippen LogP contribution in [0.4, 0.5) is 14.5 Å². The summed E-state index contributed by atoms with van der Waals surface area (Å²) >= 11 is 5.57. The summed E-state index contributed by atoms with van der Waals surface area (Å²) in [6.07, 6.45) is 2.47. The van der Waals surface area contributed by atoms with Crippen LogP contribution in [0.3, 0.4) is 0 Å². The Morgan fingerprint density at radius 2 is 1.95 bits per heavy atom. The van der Waals surface area contributed by atoms with E-state index in [1.54, 1.807) is 7.05 Å². The van der Waals surface area contributed by atoms with E-state index in [1.807, 2.05) is 0 Å². The van der Waals surface area contributed by atoms with E-state index in [4.69, 9.17) is 16.3 Å². The molecule has 106 valence electrons. The molecule has 2 rings (SSSR count). The number of alkyl halides is 1. The van der Waals surface area contributed by atoms with E-state index in [1.165, 1.54) is 29.9 Å². The lowest BCUT2D eigenvalue weighted by atomic mass is 10.2. The minimum atomic E-state index is -0.583. The second kappa shape index (κ2) is 6.53. The van der Waals surface area contributed by atoms with Crippen molar-refractivity contribution in [3.63, 3.8) is 0 Å². The Morgan fingerprint density at radius 1 is 1.32 bits per heavy atom. The minimum absolute atomic E-state index is 0.0242. The number of benzene rings is 1. The summed E-state index contributed by atoms with van der Waals surface area (Å²) in [6, 6.07) is 2.54. The fourth-order valence-electron chi connectivity index (χ4n) is 1.91. The van der Waals surface area contributed by atoms with E-state index in [0.717, 1.165) is 6.61 Å². The Hall–Kier alpha value is -0.870. The summed E-state index contributed by atoms with van der Waals surface area (Å²) in [5.74, 6) is -0.370.